The molecule has 0 saturated heterocycles. The fraction of sp³-hybridized carbons (Fsp3) is 0.150. The highest BCUT2D eigenvalue weighted by Crippen LogP contribution is 2.31. The number of aromatic nitrogens is 4. The predicted molar refractivity (Wildman–Crippen MR) is 103 cm³/mol. The minimum Gasteiger partial charge on any atom is -0.349 e. The van der Waals surface area contributed by atoms with Crippen molar-refractivity contribution in [1.82, 2.24) is 24.7 Å². The highest BCUT2D eigenvalue weighted by Gasteiger charge is 2.26. The number of nitrogens with zero attached hydrogens (tertiary/aromatic N) is 4. The van der Waals surface area contributed by atoms with Crippen molar-refractivity contribution in [2.45, 2.75) is 18.9 Å². The average Bonchev–Trinajstić information content (AvgIpc) is 3.19. The number of halogens is 2. The van der Waals surface area contributed by atoms with E-state index in [4.69, 9.17) is 11.6 Å². The molecule has 0 radical (unpaired) electrons. The van der Waals surface area contributed by atoms with Crippen LogP contribution in [-0.2, 0) is 0 Å². The lowest BCUT2D eigenvalue weighted by atomic mass is 10.0. The van der Waals surface area contributed by atoms with Gasteiger partial charge in [-0.3, -0.25) is 4.79 Å². The normalized spacial score (nSPS) is 13.8. The van der Waals surface area contributed by atoms with E-state index in [9.17, 15) is 9.18 Å². The molecule has 5 rings (SSSR count). The minimum absolute atomic E-state index is 0.0185. The van der Waals surface area contributed by atoms with Gasteiger partial charge in [-0.25, -0.2) is 13.6 Å². The summed E-state index contributed by atoms with van der Waals surface area (Å²) >= 11 is 6.26. The van der Waals surface area contributed by atoms with E-state index in [1.807, 2.05) is 24.4 Å². The molecule has 4 aromatic rings. The van der Waals surface area contributed by atoms with Crippen LogP contribution in [0.4, 0.5) is 4.39 Å². The highest BCUT2D eigenvalue weighted by atomic mass is 35.5. The third kappa shape index (κ3) is 2.93. The van der Waals surface area contributed by atoms with Crippen molar-refractivity contribution in [3.05, 3.63) is 71.5 Å². The number of hydrogen-bond acceptors (Lipinski definition) is 3. The number of pyridine rings is 1. The van der Waals surface area contributed by atoms with Crippen molar-refractivity contribution < 1.29 is 9.18 Å². The third-order valence-electron chi connectivity index (χ3n) is 4.76. The maximum atomic E-state index is 14.3. The molecule has 0 unspecified atom stereocenters. The Morgan fingerprint density at radius 2 is 2.07 bits per heavy atom. The summed E-state index contributed by atoms with van der Waals surface area (Å²) in [5.41, 5.74) is 2.91. The summed E-state index contributed by atoms with van der Waals surface area (Å²) in [7, 11) is 0. The topological polar surface area (TPSA) is 64.2 Å². The fourth-order valence-corrected chi connectivity index (χ4v) is 3.39. The van der Waals surface area contributed by atoms with E-state index in [0.29, 0.717) is 11.1 Å². The van der Waals surface area contributed by atoms with E-state index in [1.54, 1.807) is 27.8 Å². The van der Waals surface area contributed by atoms with Crippen molar-refractivity contribution in [2.24, 2.45) is 0 Å². The quantitative estimate of drug-likeness (QED) is 0.570. The smallest absolute Gasteiger partial charge is 0.254 e. The first kappa shape index (κ1) is 16.9. The maximum Gasteiger partial charge on any atom is 0.254 e. The molecule has 1 aliphatic carbocycles. The molecule has 8 heteroatoms. The van der Waals surface area contributed by atoms with E-state index in [2.05, 4.69) is 15.5 Å². The summed E-state index contributed by atoms with van der Waals surface area (Å²) in [6.45, 7) is 0. The molecule has 0 atom stereocenters. The summed E-state index contributed by atoms with van der Waals surface area (Å²) in [5, 5.41) is 11.7. The highest BCUT2D eigenvalue weighted by molar-refractivity contribution is 6.33. The minimum atomic E-state index is -0.637. The fourth-order valence-electron chi connectivity index (χ4n) is 3.13. The van der Waals surface area contributed by atoms with Crippen molar-refractivity contribution in [1.29, 1.82) is 0 Å². The second-order valence-electron chi connectivity index (χ2n) is 6.79. The molecule has 0 aliphatic heterocycles. The van der Waals surface area contributed by atoms with Crippen LogP contribution in [0.15, 0.2) is 55.1 Å². The molecule has 3 aromatic heterocycles. The van der Waals surface area contributed by atoms with Gasteiger partial charge in [0.25, 0.3) is 5.91 Å². The zero-order chi connectivity index (χ0) is 19.3. The Morgan fingerprint density at radius 1 is 1.21 bits per heavy atom. The van der Waals surface area contributed by atoms with Crippen LogP contribution in [0, 0.1) is 5.82 Å². The van der Waals surface area contributed by atoms with Gasteiger partial charge in [0.1, 0.15) is 11.5 Å². The van der Waals surface area contributed by atoms with Crippen LogP contribution in [0.1, 0.15) is 23.2 Å². The van der Waals surface area contributed by atoms with E-state index in [1.165, 1.54) is 12.1 Å². The molecule has 1 aromatic carbocycles. The molecule has 6 nitrogen and oxygen atoms in total. The summed E-state index contributed by atoms with van der Waals surface area (Å²) in [6, 6.07) is 8.55. The Bertz CT molecular complexity index is 1210. The van der Waals surface area contributed by atoms with Crippen molar-refractivity contribution in [2.75, 3.05) is 0 Å². The summed E-state index contributed by atoms with van der Waals surface area (Å²) in [5.74, 6) is -1.06. The lowest BCUT2D eigenvalue weighted by Gasteiger charge is -2.08. The third-order valence-corrected chi connectivity index (χ3v) is 5.07. The molecular weight excluding hydrogens is 381 g/mol. The molecular formula is C20H15ClFN5O. The monoisotopic (exact) mass is 395 g/mol. The molecule has 1 amide bonds. The van der Waals surface area contributed by atoms with Crippen LogP contribution in [0.2, 0.25) is 5.02 Å². The summed E-state index contributed by atoms with van der Waals surface area (Å²) < 4.78 is 17.7. The van der Waals surface area contributed by atoms with Crippen molar-refractivity contribution >= 4 is 23.0 Å². The first-order chi connectivity index (χ1) is 13.6. The van der Waals surface area contributed by atoms with Gasteiger partial charge in [0, 0.05) is 29.6 Å². The zero-order valence-corrected chi connectivity index (χ0v) is 15.4. The second kappa shape index (κ2) is 6.45. The summed E-state index contributed by atoms with van der Waals surface area (Å²) in [6.07, 6.45) is 8.85. The van der Waals surface area contributed by atoms with E-state index < -0.39 is 11.7 Å². The van der Waals surface area contributed by atoms with Gasteiger partial charge in [0.05, 0.1) is 28.5 Å². The van der Waals surface area contributed by atoms with Crippen molar-refractivity contribution in [3.8, 4) is 16.8 Å². The Hall–Kier alpha value is -3.19. The van der Waals surface area contributed by atoms with Crippen LogP contribution in [0.25, 0.3) is 22.3 Å². The molecule has 0 spiro atoms. The van der Waals surface area contributed by atoms with Gasteiger partial charge in [-0.05, 0) is 37.1 Å². The predicted octanol–water partition coefficient (Wildman–Crippen LogP) is 3.87. The van der Waals surface area contributed by atoms with Gasteiger partial charge in [-0.15, -0.1) is 0 Å². The lowest BCUT2D eigenvalue weighted by Crippen LogP contribution is -2.26. The zero-order valence-electron chi connectivity index (χ0n) is 14.6. The Kier molecular flexibility index (Phi) is 3.91. The Balaban J connectivity index is 1.54. The van der Waals surface area contributed by atoms with E-state index in [-0.39, 0.29) is 16.6 Å². The second-order valence-corrected chi connectivity index (χ2v) is 7.20. The maximum absolute atomic E-state index is 14.3. The molecule has 1 aliphatic rings. The number of nitrogens with one attached hydrogen (secondary N) is 1. The average molecular weight is 396 g/mol. The molecule has 140 valence electrons. The lowest BCUT2D eigenvalue weighted by molar-refractivity contribution is 0.0947. The van der Waals surface area contributed by atoms with Crippen LogP contribution in [0.3, 0.4) is 0 Å². The molecule has 3 heterocycles. The number of carbonyl (C=O) groups excluding carboxylic acids is 1. The number of carbonyl (C=O) groups is 1. The number of hydrogen-bond donors (Lipinski definition) is 1. The van der Waals surface area contributed by atoms with Crippen LogP contribution < -0.4 is 5.32 Å². The number of benzene rings is 1. The van der Waals surface area contributed by atoms with Gasteiger partial charge in [-0.1, -0.05) is 17.7 Å². The number of rotatable bonds is 4. The van der Waals surface area contributed by atoms with Gasteiger partial charge in [0.15, 0.2) is 0 Å². The van der Waals surface area contributed by atoms with Crippen molar-refractivity contribution in [3.63, 3.8) is 0 Å². The largest absolute Gasteiger partial charge is 0.349 e. The standard InChI is InChI=1S/C20H15ClFN5O/c21-16-8-17(22)15(20(28)25-13-4-5-13)7-14(16)12-9-23-27(11-12)19-10-24-26-6-2-1-3-18(19)26/h1-3,6-11,13H,4-5H2,(H,25,28). The van der Waals surface area contributed by atoms with E-state index >= 15 is 0 Å². The SMILES string of the molecule is O=C(NC1CC1)c1cc(-c2cnn(-c3cnn4ccccc34)c2)c(Cl)cc1F. The van der Waals surface area contributed by atoms with Gasteiger partial charge in [-0.2, -0.15) is 10.2 Å². The summed E-state index contributed by atoms with van der Waals surface area (Å²) in [4.78, 5) is 12.3. The van der Waals surface area contributed by atoms with Gasteiger partial charge < -0.3 is 5.32 Å². The van der Waals surface area contributed by atoms with Crippen LogP contribution in [-0.4, -0.2) is 31.3 Å². The number of amides is 1. The van der Waals surface area contributed by atoms with E-state index in [0.717, 1.165) is 24.0 Å². The molecule has 1 fully saturated rings. The molecule has 1 N–H and O–H groups in total. The Labute approximate surface area is 164 Å². The van der Waals surface area contributed by atoms with Crippen LogP contribution in [0.5, 0.6) is 0 Å². The van der Waals surface area contributed by atoms with Gasteiger partial charge in [0.2, 0.25) is 0 Å². The van der Waals surface area contributed by atoms with Crippen LogP contribution >= 0.6 is 11.6 Å². The van der Waals surface area contributed by atoms with Gasteiger partial charge >= 0.3 is 0 Å². The molecule has 1 saturated carbocycles. The first-order valence-corrected chi connectivity index (χ1v) is 9.25. The molecule has 0 bridgehead atoms. The molecule has 28 heavy (non-hydrogen) atoms. The Morgan fingerprint density at radius 3 is 2.89 bits per heavy atom. The first-order valence-electron chi connectivity index (χ1n) is 8.88. The number of fused-ring (bicyclic) bond motifs is 1.